The van der Waals surface area contributed by atoms with E-state index in [2.05, 4.69) is 5.10 Å². The molecule has 1 aliphatic rings. The van der Waals surface area contributed by atoms with Gasteiger partial charge in [-0.15, -0.1) is 0 Å². The van der Waals surface area contributed by atoms with Crippen LogP contribution in [0.3, 0.4) is 0 Å². The van der Waals surface area contributed by atoms with Gasteiger partial charge in [-0.1, -0.05) is 0 Å². The Morgan fingerprint density at radius 3 is 2.27 bits per heavy atom. The number of aromatic carboxylic acids is 1. The second-order valence-corrected chi connectivity index (χ2v) is 5.68. The summed E-state index contributed by atoms with van der Waals surface area (Å²) in [6, 6.07) is 0. The van der Waals surface area contributed by atoms with Gasteiger partial charge in [0.25, 0.3) is 5.92 Å². The second-order valence-electron chi connectivity index (χ2n) is 5.68. The van der Waals surface area contributed by atoms with Crippen molar-refractivity contribution < 1.29 is 31.9 Å². The van der Waals surface area contributed by atoms with Crippen molar-refractivity contribution in [1.82, 2.24) is 9.78 Å². The first-order valence-corrected chi connectivity index (χ1v) is 6.68. The average Bonchev–Trinajstić information content (AvgIpc) is 2.58. The minimum atomic E-state index is -4.37. The predicted molar refractivity (Wildman–Crippen MR) is 65.8 cm³/mol. The van der Waals surface area contributed by atoms with Crippen molar-refractivity contribution in [3.8, 4) is 0 Å². The number of aromatic nitrogens is 2. The van der Waals surface area contributed by atoms with E-state index < -0.39 is 41.3 Å². The van der Waals surface area contributed by atoms with E-state index in [1.54, 1.807) is 0 Å². The molecule has 22 heavy (non-hydrogen) atoms. The molecule has 2 atom stereocenters. The fourth-order valence-electron chi connectivity index (χ4n) is 2.81. The summed E-state index contributed by atoms with van der Waals surface area (Å²) in [5, 5.41) is 12.7. The predicted octanol–water partition coefficient (Wildman–Crippen LogP) is 3.59. The molecule has 1 saturated carbocycles. The van der Waals surface area contributed by atoms with Crippen molar-refractivity contribution in [3.63, 3.8) is 0 Å². The highest BCUT2D eigenvalue weighted by Crippen LogP contribution is 2.46. The molecule has 0 bridgehead atoms. The fourth-order valence-corrected chi connectivity index (χ4v) is 2.81. The molecule has 0 radical (unpaired) electrons. The summed E-state index contributed by atoms with van der Waals surface area (Å²) < 4.78 is 65.8. The summed E-state index contributed by atoms with van der Waals surface area (Å²) >= 11 is 0. The minimum Gasteiger partial charge on any atom is -0.477 e. The van der Waals surface area contributed by atoms with Gasteiger partial charge in [-0.25, -0.2) is 4.79 Å². The van der Waals surface area contributed by atoms with Crippen molar-refractivity contribution in [1.29, 1.82) is 0 Å². The van der Waals surface area contributed by atoms with Crippen LogP contribution in [0, 0.1) is 18.8 Å². The highest BCUT2D eigenvalue weighted by Gasteiger charge is 2.50. The SMILES string of the molecule is Cc1c(C(C)(F)F)nn(CC2CCC2C(F)(F)F)c1C(=O)O. The zero-order valence-electron chi connectivity index (χ0n) is 11.9. The van der Waals surface area contributed by atoms with Gasteiger partial charge in [0, 0.05) is 19.0 Å². The number of carboxylic acid groups (broad SMARTS) is 1. The topological polar surface area (TPSA) is 55.1 Å². The standard InChI is InChI=1S/C13H15F5N2O2/c1-6-9(11(21)22)20(19-10(6)12(2,14)15)5-7-3-4-8(7)13(16,17)18/h7-8H,3-5H2,1-2H3,(H,21,22). The molecule has 1 aromatic heterocycles. The summed E-state index contributed by atoms with van der Waals surface area (Å²) in [5.41, 5.74) is -1.42. The Balaban J connectivity index is 2.34. The van der Waals surface area contributed by atoms with Gasteiger partial charge < -0.3 is 5.11 Å². The van der Waals surface area contributed by atoms with E-state index >= 15 is 0 Å². The lowest BCUT2D eigenvalue weighted by molar-refractivity contribution is -0.214. The first-order chi connectivity index (χ1) is 9.93. The van der Waals surface area contributed by atoms with Crippen LogP contribution in [0.1, 0.15) is 41.5 Å². The normalized spacial score (nSPS) is 22.5. The second kappa shape index (κ2) is 5.20. The monoisotopic (exact) mass is 326 g/mol. The molecule has 1 aliphatic carbocycles. The van der Waals surface area contributed by atoms with Crippen LogP contribution >= 0.6 is 0 Å². The van der Waals surface area contributed by atoms with Crippen LogP contribution < -0.4 is 0 Å². The highest BCUT2D eigenvalue weighted by molar-refractivity contribution is 5.87. The number of carboxylic acids is 1. The Kier molecular flexibility index (Phi) is 3.95. The largest absolute Gasteiger partial charge is 0.477 e. The molecule has 0 saturated heterocycles. The molecule has 0 aromatic carbocycles. The number of halogens is 5. The van der Waals surface area contributed by atoms with Crippen LogP contribution in [-0.4, -0.2) is 27.0 Å². The van der Waals surface area contributed by atoms with Crippen molar-refractivity contribution in [3.05, 3.63) is 17.0 Å². The summed E-state index contributed by atoms with van der Waals surface area (Å²) in [4.78, 5) is 11.2. The lowest BCUT2D eigenvalue weighted by Crippen LogP contribution is -2.40. The maximum atomic E-state index is 13.4. The number of carbonyl (C=O) groups is 1. The van der Waals surface area contributed by atoms with Gasteiger partial charge in [0.15, 0.2) is 0 Å². The third-order valence-electron chi connectivity index (χ3n) is 4.05. The lowest BCUT2D eigenvalue weighted by Gasteiger charge is -2.37. The van der Waals surface area contributed by atoms with Crippen LogP contribution in [0.15, 0.2) is 0 Å². The van der Waals surface area contributed by atoms with E-state index in [1.807, 2.05) is 0 Å². The molecule has 4 nitrogen and oxygen atoms in total. The maximum Gasteiger partial charge on any atom is 0.392 e. The van der Waals surface area contributed by atoms with Gasteiger partial charge in [0.05, 0.1) is 5.92 Å². The third-order valence-corrected chi connectivity index (χ3v) is 4.05. The number of hydrogen-bond acceptors (Lipinski definition) is 2. The zero-order valence-corrected chi connectivity index (χ0v) is 11.9. The summed E-state index contributed by atoms with van der Waals surface area (Å²) in [5.74, 6) is -7.22. The van der Waals surface area contributed by atoms with Gasteiger partial charge in [-0.3, -0.25) is 4.68 Å². The van der Waals surface area contributed by atoms with Gasteiger partial charge in [-0.2, -0.15) is 27.1 Å². The highest BCUT2D eigenvalue weighted by atomic mass is 19.4. The van der Waals surface area contributed by atoms with Gasteiger partial charge >= 0.3 is 12.1 Å². The fraction of sp³-hybridized carbons (Fsp3) is 0.692. The smallest absolute Gasteiger partial charge is 0.392 e. The van der Waals surface area contributed by atoms with Crippen molar-refractivity contribution in [2.24, 2.45) is 11.8 Å². The zero-order chi connectivity index (χ0) is 16.9. The van der Waals surface area contributed by atoms with Crippen LogP contribution in [0.5, 0.6) is 0 Å². The van der Waals surface area contributed by atoms with Crippen LogP contribution in [0.2, 0.25) is 0 Å². The van der Waals surface area contributed by atoms with E-state index in [0.29, 0.717) is 6.92 Å². The number of rotatable bonds is 4. The molecule has 1 heterocycles. The van der Waals surface area contributed by atoms with Crippen LogP contribution in [0.25, 0.3) is 0 Å². The minimum absolute atomic E-state index is 0.0341. The molecule has 0 amide bonds. The van der Waals surface area contributed by atoms with E-state index in [0.717, 1.165) is 4.68 Å². The first-order valence-electron chi connectivity index (χ1n) is 6.68. The average molecular weight is 326 g/mol. The van der Waals surface area contributed by atoms with E-state index in [4.69, 9.17) is 5.11 Å². The molecular weight excluding hydrogens is 311 g/mol. The Hall–Kier alpha value is -1.67. The quantitative estimate of drug-likeness (QED) is 0.860. The first kappa shape index (κ1) is 16.7. The van der Waals surface area contributed by atoms with E-state index in [1.165, 1.54) is 6.92 Å². The Morgan fingerprint density at radius 2 is 1.91 bits per heavy atom. The molecule has 2 unspecified atom stereocenters. The third kappa shape index (κ3) is 2.93. The molecule has 1 fully saturated rings. The van der Waals surface area contributed by atoms with E-state index in [9.17, 15) is 26.7 Å². The Morgan fingerprint density at radius 1 is 1.32 bits per heavy atom. The van der Waals surface area contributed by atoms with Gasteiger partial charge in [0.2, 0.25) is 0 Å². The molecule has 2 rings (SSSR count). The molecule has 9 heteroatoms. The molecular formula is C13H15F5N2O2. The summed E-state index contributed by atoms with van der Waals surface area (Å²) in [6.07, 6.45) is -4.14. The van der Waals surface area contributed by atoms with Crippen molar-refractivity contribution in [2.75, 3.05) is 0 Å². The number of hydrogen-bond donors (Lipinski definition) is 1. The molecule has 124 valence electrons. The number of alkyl halides is 5. The van der Waals surface area contributed by atoms with Crippen LogP contribution in [-0.2, 0) is 12.5 Å². The van der Waals surface area contributed by atoms with E-state index in [-0.39, 0.29) is 24.9 Å². The Bertz CT molecular complexity index is 588. The summed E-state index contributed by atoms with van der Waals surface area (Å²) in [6.45, 7) is 1.42. The van der Waals surface area contributed by atoms with Gasteiger partial charge in [-0.05, 0) is 25.7 Å². The lowest BCUT2D eigenvalue weighted by atomic mass is 9.73. The van der Waals surface area contributed by atoms with Gasteiger partial charge in [0.1, 0.15) is 11.4 Å². The number of nitrogens with zero attached hydrogens (tertiary/aromatic N) is 2. The Labute approximate surface area is 122 Å². The molecule has 1 N–H and O–H groups in total. The maximum absolute atomic E-state index is 13.4. The van der Waals surface area contributed by atoms with Crippen LogP contribution in [0.4, 0.5) is 22.0 Å². The van der Waals surface area contributed by atoms with Crippen molar-refractivity contribution >= 4 is 5.97 Å². The van der Waals surface area contributed by atoms with Crippen molar-refractivity contribution in [2.45, 2.75) is 45.3 Å². The molecule has 0 aliphatic heterocycles. The molecule has 0 spiro atoms. The summed E-state index contributed by atoms with van der Waals surface area (Å²) in [7, 11) is 0. The molecule has 1 aromatic rings.